The summed E-state index contributed by atoms with van der Waals surface area (Å²) in [7, 11) is 0. The quantitative estimate of drug-likeness (QED) is 0.721. The Labute approximate surface area is 157 Å². The van der Waals surface area contributed by atoms with Crippen molar-refractivity contribution in [3.8, 4) is 0 Å². The molecule has 2 nitrogen and oxygen atoms in total. The molecule has 3 rings (SSSR count). The topological polar surface area (TPSA) is 15.3 Å². The van der Waals surface area contributed by atoms with Crippen molar-refractivity contribution in [1.29, 1.82) is 0 Å². The van der Waals surface area contributed by atoms with Gasteiger partial charge in [-0.25, -0.2) is 0 Å². The fraction of sp³-hybridized carbons (Fsp3) is 0.625. The lowest BCUT2D eigenvalue weighted by Crippen LogP contribution is -2.47. The highest BCUT2D eigenvalue weighted by atomic mass is 35.5. The van der Waals surface area contributed by atoms with Crippen LogP contribution in [0.25, 0.3) is 0 Å². The highest BCUT2D eigenvalue weighted by Gasteiger charge is 2.34. The summed E-state index contributed by atoms with van der Waals surface area (Å²) < 4.78 is 37.3. The summed E-state index contributed by atoms with van der Waals surface area (Å²) in [5.74, 6) is 0.652. The summed E-state index contributed by atoms with van der Waals surface area (Å²) in [6, 6.07) is 7.36. The third-order valence-corrected chi connectivity index (χ3v) is 5.34. The zero-order valence-electron chi connectivity index (χ0n) is 13.2. The van der Waals surface area contributed by atoms with Crippen LogP contribution in [0, 0.1) is 5.92 Å². The summed E-state index contributed by atoms with van der Waals surface area (Å²) in [5.41, 5.74) is -3.05. The monoisotopic (exact) mass is 402 g/mol. The Balaban J connectivity index is 0.00000144. The van der Waals surface area contributed by atoms with E-state index in [9.17, 15) is 13.2 Å². The SMILES string of the molecule is Cl.Cl.FC(F)(F)Sc1ccc([C@@H](C2CCC2)N2CCNCC2)cc1. The Morgan fingerprint density at radius 2 is 1.62 bits per heavy atom. The van der Waals surface area contributed by atoms with E-state index < -0.39 is 5.51 Å². The second-order valence-corrected chi connectivity index (χ2v) is 7.18. The Morgan fingerprint density at radius 1 is 1.04 bits per heavy atom. The number of hydrogen-bond donors (Lipinski definition) is 1. The minimum Gasteiger partial charge on any atom is -0.314 e. The normalized spacial score (nSPS) is 20.5. The van der Waals surface area contributed by atoms with Crippen molar-refractivity contribution < 1.29 is 13.2 Å². The molecule has 1 aliphatic carbocycles. The minimum atomic E-state index is -4.21. The molecule has 1 aromatic carbocycles. The zero-order chi connectivity index (χ0) is 15.6. The van der Waals surface area contributed by atoms with E-state index in [0.29, 0.717) is 12.0 Å². The van der Waals surface area contributed by atoms with Crippen molar-refractivity contribution >= 4 is 36.6 Å². The number of alkyl halides is 3. The molecule has 1 N–H and O–H groups in total. The first-order chi connectivity index (χ1) is 10.5. The van der Waals surface area contributed by atoms with Gasteiger partial charge >= 0.3 is 5.51 Å². The third kappa shape index (κ3) is 5.70. The van der Waals surface area contributed by atoms with Gasteiger partial charge in [-0.05, 0) is 48.2 Å². The van der Waals surface area contributed by atoms with E-state index in [1.807, 2.05) is 12.1 Å². The second-order valence-electron chi connectivity index (χ2n) is 6.04. The van der Waals surface area contributed by atoms with E-state index in [2.05, 4.69) is 10.2 Å². The summed E-state index contributed by atoms with van der Waals surface area (Å²) in [6.45, 7) is 4.01. The molecule has 8 heteroatoms. The molecule has 1 atom stereocenters. The number of benzene rings is 1. The first kappa shape index (κ1) is 21.9. The molecule has 0 aromatic heterocycles. The molecule has 2 aliphatic rings. The van der Waals surface area contributed by atoms with Crippen LogP contribution in [0.2, 0.25) is 0 Å². The number of nitrogens with one attached hydrogen (secondary N) is 1. The van der Waals surface area contributed by atoms with Crippen molar-refractivity contribution in [2.45, 2.75) is 35.7 Å². The van der Waals surface area contributed by atoms with E-state index in [1.54, 1.807) is 12.1 Å². The lowest BCUT2D eigenvalue weighted by molar-refractivity contribution is -0.0328. The smallest absolute Gasteiger partial charge is 0.314 e. The first-order valence-electron chi connectivity index (χ1n) is 7.83. The fourth-order valence-electron chi connectivity index (χ4n) is 3.36. The number of thioether (sulfide) groups is 1. The molecule has 0 unspecified atom stereocenters. The van der Waals surface area contributed by atoms with Crippen LogP contribution in [0.5, 0.6) is 0 Å². The van der Waals surface area contributed by atoms with Crippen LogP contribution >= 0.6 is 36.6 Å². The lowest BCUT2D eigenvalue weighted by Gasteiger charge is -2.43. The second kappa shape index (κ2) is 9.53. The average Bonchev–Trinajstić information content (AvgIpc) is 2.43. The molecular formula is C16H23Cl2F3N2S. The molecule has 0 radical (unpaired) electrons. The van der Waals surface area contributed by atoms with Gasteiger partial charge in [0.25, 0.3) is 0 Å². The van der Waals surface area contributed by atoms with Gasteiger partial charge in [-0.15, -0.1) is 24.8 Å². The van der Waals surface area contributed by atoms with Crippen molar-refractivity contribution in [2.24, 2.45) is 5.92 Å². The molecule has 0 bridgehead atoms. The van der Waals surface area contributed by atoms with Gasteiger partial charge in [0, 0.05) is 37.1 Å². The largest absolute Gasteiger partial charge is 0.446 e. The van der Waals surface area contributed by atoms with Gasteiger partial charge < -0.3 is 5.32 Å². The highest BCUT2D eigenvalue weighted by Crippen LogP contribution is 2.42. The van der Waals surface area contributed by atoms with E-state index in [1.165, 1.54) is 19.3 Å². The summed E-state index contributed by atoms with van der Waals surface area (Å²) in [4.78, 5) is 2.76. The predicted molar refractivity (Wildman–Crippen MR) is 97.4 cm³/mol. The zero-order valence-corrected chi connectivity index (χ0v) is 15.7. The van der Waals surface area contributed by atoms with Crippen molar-refractivity contribution in [1.82, 2.24) is 10.2 Å². The third-order valence-electron chi connectivity index (χ3n) is 4.60. The molecule has 1 aliphatic heterocycles. The summed E-state index contributed by atoms with van der Waals surface area (Å²) in [6.07, 6.45) is 3.73. The highest BCUT2D eigenvalue weighted by molar-refractivity contribution is 8.00. The van der Waals surface area contributed by atoms with E-state index in [4.69, 9.17) is 0 Å². The Morgan fingerprint density at radius 3 is 2.08 bits per heavy atom. The van der Waals surface area contributed by atoms with Crippen LogP contribution < -0.4 is 5.32 Å². The van der Waals surface area contributed by atoms with Crippen LogP contribution in [0.4, 0.5) is 13.2 Å². The molecule has 24 heavy (non-hydrogen) atoms. The van der Waals surface area contributed by atoms with Gasteiger partial charge in [0.05, 0.1) is 0 Å². The van der Waals surface area contributed by atoms with Gasteiger partial charge in [0.1, 0.15) is 0 Å². The standard InChI is InChI=1S/C16H21F3N2S.2ClH/c17-16(18,19)22-14-6-4-13(5-7-14)15(12-2-1-3-12)21-10-8-20-9-11-21;;/h4-7,12,15,20H,1-3,8-11H2;2*1H/t15-;;/m1../s1. The number of hydrogen-bond acceptors (Lipinski definition) is 3. The summed E-state index contributed by atoms with van der Waals surface area (Å²) in [5, 5.41) is 3.36. The number of piperazine rings is 1. The van der Waals surface area contributed by atoms with Gasteiger partial charge in [-0.3, -0.25) is 4.90 Å². The van der Waals surface area contributed by atoms with Crippen molar-refractivity contribution in [3.05, 3.63) is 29.8 Å². The van der Waals surface area contributed by atoms with Crippen LogP contribution in [-0.4, -0.2) is 36.6 Å². The van der Waals surface area contributed by atoms with Crippen LogP contribution in [0.3, 0.4) is 0 Å². The molecule has 0 amide bonds. The first-order valence-corrected chi connectivity index (χ1v) is 8.65. The van der Waals surface area contributed by atoms with Crippen molar-refractivity contribution in [3.63, 3.8) is 0 Å². The van der Waals surface area contributed by atoms with Gasteiger partial charge in [-0.1, -0.05) is 18.6 Å². The number of nitrogens with zero attached hydrogens (tertiary/aromatic N) is 1. The molecule has 1 heterocycles. The minimum absolute atomic E-state index is 0. The Hall–Kier alpha value is -0.140. The average molecular weight is 403 g/mol. The molecule has 1 saturated carbocycles. The molecule has 1 saturated heterocycles. The molecule has 138 valence electrons. The van der Waals surface area contributed by atoms with E-state index in [0.717, 1.165) is 31.7 Å². The maximum Gasteiger partial charge on any atom is 0.446 e. The molecular weight excluding hydrogens is 380 g/mol. The van der Waals surface area contributed by atoms with Gasteiger partial charge in [-0.2, -0.15) is 13.2 Å². The molecule has 0 spiro atoms. The fourth-order valence-corrected chi connectivity index (χ4v) is 3.90. The molecule has 2 fully saturated rings. The van der Waals surface area contributed by atoms with Crippen LogP contribution in [0.1, 0.15) is 30.9 Å². The van der Waals surface area contributed by atoms with E-state index in [-0.39, 0.29) is 41.5 Å². The molecule has 1 aromatic rings. The van der Waals surface area contributed by atoms with Crippen LogP contribution in [-0.2, 0) is 0 Å². The maximum atomic E-state index is 12.4. The summed E-state index contributed by atoms with van der Waals surface area (Å²) >= 11 is -0.0387. The van der Waals surface area contributed by atoms with Crippen LogP contribution in [0.15, 0.2) is 29.2 Å². The predicted octanol–water partition coefficient (Wildman–Crippen LogP) is 4.89. The van der Waals surface area contributed by atoms with Gasteiger partial charge in [0.2, 0.25) is 0 Å². The number of halogens is 5. The van der Waals surface area contributed by atoms with Crippen molar-refractivity contribution in [2.75, 3.05) is 26.2 Å². The Kier molecular flexibility index (Phi) is 8.70. The van der Waals surface area contributed by atoms with Gasteiger partial charge in [0.15, 0.2) is 0 Å². The lowest BCUT2D eigenvalue weighted by atomic mass is 9.76. The number of rotatable bonds is 4. The van der Waals surface area contributed by atoms with E-state index >= 15 is 0 Å². The maximum absolute atomic E-state index is 12.4. The Bertz CT molecular complexity index is 489.